The number of ether oxygens (including phenoxy) is 2. The summed E-state index contributed by atoms with van der Waals surface area (Å²) in [6, 6.07) is 0. The quantitative estimate of drug-likeness (QED) is 0.0287. The van der Waals surface area contributed by atoms with E-state index in [4.69, 9.17) is 18.5 Å². The highest BCUT2D eigenvalue weighted by Gasteiger charge is 2.25. The van der Waals surface area contributed by atoms with Crippen LogP contribution in [0.1, 0.15) is 188 Å². The van der Waals surface area contributed by atoms with Crippen LogP contribution in [-0.4, -0.2) is 42.8 Å². The number of unbranched alkanes of at least 4 members (excludes halogenated alkanes) is 18. The van der Waals surface area contributed by atoms with Crippen molar-refractivity contribution < 1.29 is 37.6 Å². The Labute approximate surface area is 318 Å². The number of hydrogen-bond donors (Lipinski definition) is 1. The van der Waals surface area contributed by atoms with E-state index in [0.717, 1.165) is 70.6 Å². The molecule has 2 unspecified atom stereocenters. The first-order chi connectivity index (χ1) is 25.3. The van der Waals surface area contributed by atoms with Crippen LogP contribution in [0.2, 0.25) is 0 Å². The van der Waals surface area contributed by atoms with Gasteiger partial charge in [-0.2, -0.15) is 0 Å². The van der Waals surface area contributed by atoms with E-state index in [9.17, 15) is 19.0 Å². The monoisotopic (exact) mass is 753 g/mol. The molecule has 0 saturated carbocycles. The van der Waals surface area contributed by atoms with Gasteiger partial charge in [-0.1, -0.05) is 165 Å². The smallest absolute Gasteiger partial charge is 0.462 e. The van der Waals surface area contributed by atoms with Gasteiger partial charge in [0.25, 0.3) is 0 Å². The van der Waals surface area contributed by atoms with Gasteiger partial charge in [-0.05, 0) is 58.3 Å². The van der Waals surface area contributed by atoms with Gasteiger partial charge in [0.05, 0.1) is 13.2 Å². The summed E-state index contributed by atoms with van der Waals surface area (Å²) in [5, 5.41) is 0. The maximum atomic E-state index is 12.5. The number of phosphoric ester groups is 1. The van der Waals surface area contributed by atoms with Crippen LogP contribution in [0.3, 0.4) is 0 Å². The van der Waals surface area contributed by atoms with E-state index in [-0.39, 0.29) is 25.6 Å². The summed E-state index contributed by atoms with van der Waals surface area (Å²) in [5.74, 6) is -0.807. The van der Waals surface area contributed by atoms with Crippen molar-refractivity contribution in [3.8, 4) is 0 Å². The molecule has 0 aromatic rings. The summed E-state index contributed by atoms with van der Waals surface area (Å²) in [6.45, 7) is 5.34. The number of rotatable bonds is 38. The van der Waals surface area contributed by atoms with Gasteiger partial charge >= 0.3 is 19.8 Å². The summed E-state index contributed by atoms with van der Waals surface area (Å²) >= 11 is 0. The zero-order chi connectivity index (χ0) is 38.2. The van der Waals surface area contributed by atoms with Crippen molar-refractivity contribution in [3.05, 3.63) is 48.6 Å². The number of carbonyl (C=O) groups is 2. The second kappa shape index (κ2) is 38.7. The van der Waals surface area contributed by atoms with Gasteiger partial charge in [0, 0.05) is 12.8 Å². The van der Waals surface area contributed by atoms with Crippen molar-refractivity contribution in [3.63, 3.8) is 0 Å². The first-order valence-electron chi connectivity index (χ1n) is 20.9. The molecule has 0 aliphatic heterocycles. The summed E-state index contributed by atoms with van der Waals surface area (Å²) in [6.07, 6.45) is 44.5. The molecule has 2 atom stereocenters. The van der Waals surface area contributed by atoms with Gasteiger partial charge in [-0.3, -0.25) is 18.6 Å². The first kappa shape index (κ1) is 50.0. The van der Waals surface area contributed by atoms with Crippen molar-refractivity contribution >= 4 is 19.8 Å². The lowest BCUT2D eigenvalue weighted by atomic mass is 10.1. The molecule has 52 heavy (non-hydrogen) atoms. The summed E-state index contributed by atoms with van der Waals surface area (Å²) in [4.78, 5) is 34.7. The van der Waals surface area contributed by atoms with E-state index >= 15 is 0 Å². The van der Waals surface area contributed by atoms with Crippen molar-refractivity contribution in [2.45, 2.75) is 194 Å². The molecule has 0 aliphatic rings. The number of allylic oxidation sites excluding steroid dienone is 8. The summed E-state index contributed by atoms with van der Waals surface area (Å²) < 4.78 is 32.6. The highest BCUT2D eigenvalue weighted by molar-refractivity contribution is 7.47. The van der Waals surface area contributed by atoms with Crippen molar-refractivity contribution in [1.82, 2.24) is 0 Å². The SMILES string of the molecule is CC/C=C\C/C=C\C/C=C\C/C=C\CCCCCCCCCCC(=O)OC(COC(=O)CCCCCCCCCCCCC)COP(=O)(O)OCC. The van der Waals surface area contributed by atoms with Crippen molar-refractivity contribution in [2.24, 2.45) is 0 Å². The van der Waals surface area contributed by atoms with Gasteiger partial charge in [-0.15, -0.1) is 0 Å². The minimum atomic E-state index is -4.28. The fourth-order valence-corrected chi connectivity index (χ4v) is 6.38. The van der Waals surface area contributed by atoms with Gasteiger partial charge in [0.15, 0.2) is 6.10 Å². The molecule has 0 saturated heterocycles. The van der Waals surface area contributed by atoms with Crippen LogP contribution in [0.5, 0.6) is 0 Å². The first-order valence-corrected chi connectivity index (χ1v) is 22.4. The lowest BCUT2D eigenvalue weighted by molar-refractivity contribution is -0.161. The third kappa shape index (κ3) is 37.8. The van der Waals surface area contributed by atoms with E-state index in [1.807, 2.05) is 0 Å². The average Bonchev–Trinajstić information content (AvgIpc) is 3.12. The molecule has 0 bridgehead atoms. The largest absolute Gasteiger partial charge is 0.472 e. The number of esters is 2. The number of carbonyl (C=O) groups excluding carboxylic acids is 2. The van der Waals surface area contributed by atoms with Crippen molar-refractivity contribution in [1.29, 1.82) is 0 Å². The number of hydrogen-bond acceptors (Lipinski definition) is 7. The van der Waals surface area contributed by atoms with Gasteiger partial charge in [0.1, 0.15) is 6.61 Å². The molecule has 0 heterocycles. The predicted octanol–water partition coefficient (Wildman–Crippen LogP) is 13.0. The third-order valence-corrected chi connectivity index (χ3v) is 9.71. The minimum Gasteiger partial charge on any atom is -0.462 e. The lowest BCUT2D eigenvalue weighted by Crippen LogP contribution is -2.29. The molecule has 0 amide bonds. The van der Waals surface area contributed by atoms with Gasteiger partial charge < -0.3 is 14.4 Å². The Hall–Kier alpha value is -1.99. The van der Waals surface area contributed by atoms with Crippen LogP contribution in [0.15, 0.2) is 48.6 Å². The Balaban J connectivity index is 4.08. The molecule has 0 aromatic carbocycles. The minimum absolute atomic E-state index is 0.00178. The maximum absolute atomic E-state index is 12.5. The van der Waals surface area contributed by atoms with Crippen LogP contribution < -0.4 is 0 Å². The van der Waals surface area contributed by atoms with E-state index in [0.29, 0.717) is 12.8 Å². The van der Waals surface area contributed by atoms with Crippen LogP contribution in [0, 0.1) is 0 Å². The molecule has 0 aliphatic carbocycles. The lowest BCUT2D eigenvalue weighted by Gasteiger charge is -2.19. The van der Waals surface area contributed by atoms with E-state index in [1.165, 1.54) is 77.0 Å². The molecular formula is C43H77O8P. The van der Waals surface area contributed by atoms with Crippen molar-refractivity contribution in [2.75, 3.05) is 19.8 Å². The Morgan fingerprint density at radius 1 is 0.538 bits per heavy atom. The normalized spacial score (nSPS) is 13.8. The van der Waals surface area contributed by atoms with Gasteiger partial charge in [-0.25, -0.2) is 4.57 Å². The molecular weight excluding hydrogens is 675 g/mol. The molecule has 8 nitrogen and oxygen atoms in total. The molecule has 0 spiro atoms. The molecule has 9 heteroatoms. The molecule has 0 radical (unpaired) electrons. The highest BCUT2D eigenvalue weighted by atomic mass is 31.2. The van der Waals surface area contributed by atoms with Crippen LogP contribution in [0.25, 0.3) is 0 Å². The average molecular weight is 753 g/mol. The molecule has 1 N–H and O–H groups in total. The second-order valence-electron chi connectivity index (χ2n) is 13.6. The number of phosphoric acid groups is 1. The Bertz CT molecular complexity index is 990. The fourth-order valence-electron chi connectivity index (χ4n) is 5.62. The van der Waals surface area contributed by atoms with Crippen LogP contribution in [0.4, 0.5) is 0 Å². The molecule has 302 valence electrons. The van der Waals surface area contributed by atoms with E-state index < -0.39 is 26.5 Å². The molecule has 0 aromatic heterocycles. The topological polar surface area (TPSA) is 108 Å². The standard InChI is InChI=1S/C43H77O8P/c1-4-7-9-11-13-15-17-18-19-20-21-22-23-24-25-26-28-30-32-34-36-38-43(45)51-41(40-50-52(46,47)49-6-3)39-48-42(44)37-35-33-31-29-27-16-14-12-10-8-5-2/h7,9,13,15,18-19,21-22,41H,4-6,8,10-12,14,16-17,20,23-40H2,1-3H3,(H,46,47)/b9-7-,15-13-,19-18-,22-21-. The Kier molecular flexibility index (Phi) is 37.2. The van der Waals surface area contributed by atoms with Crippen LogP contribution >= 0.6 is 7.82 Å². The fraction of sp³-hybridized carbons (Fsp3) is 0.767. The Morgan fingerprint density at radius 3 is 1.48 bits per heavy atom. The zero-order valence-corrected chi connectivity index (χ0v) is 34.3. The van der Waals surface area contributed by atoms with E-state index in [1.54, 1.807) is 6.92 Å². The summed E-state index contributed by atoms with van der Waals surface area (Å²) in [7, 11) is -4.28. The van der Waals surface area contributed by atoms with Gasteiger partial charge in [0.2, 0.25) is 0 Å². The van der Waals surface area contributed by atoms with E-state index in [2.05, 4.69) is 62.5 Å². The summed E-state index contributed by atoms with van der Waals surface area (Å²) in [5.41, 5.74) is 0. The Morgan fingerprint density at radius 2 is 0.981 bits per heavy atom. The molecule has 0 fully saturated rings. The predicted molar refractivity (Wildman–Crippen MR) is 216 cm³/mol. The third-order valence-electron chi connectivity index (χ3n) is 8.65. The van der Waals surface area contributed by atoms with Crippen LogP contribution in [-0.2, 0) is 32.7 Å². The zero-order valence-electron chi connectivity index (χ0n) is 33.5. The second-order valence-corrected chi connectivity index (χ2v) is 15.1. The maximum Gasteiger partial charge on any atom is 0.472 e. The highest BCUT2D eigenvalue weighted by Crippen LogP contribution is 2.43. The molecule has 0 rings (SSSR count).